The average molecular weight is 414 g/mol. The van der Waals surface area contributed by atoms with Crippen LogP contribution in [0.25, 0.3) is 0 Å². The molecule has 0 saturated carbocycles. The van der Waals surface area contributed by atoms with E-state index in [0.29, 0.717) is 13.2 Å². The SMILES string of the molecule is COc1ccc(OCCN(C)[C@H](C)C(=O)Nc2ccc(N3CCOCC3)cc2)cc1. The molecule has 3 rings (SSSR count). The predicted molar refractivity (Wildman–Crippen MR) is 119 cm³/mol. The molecule has 1 aliphatic heterocycles. The van der Waals surface area contributed by atoms with E-state index in [0.717, 1.165) is 49.2 Å². The molecule has 0 radical (unpaired) electrons. The molecule has 30 heavy (non-hydrogen) atoms. The first kappa shape index (κ1) is 21.9. The molecule has 0 aliphatic carbocycles. The lowest BCUT2D eigenvalue weighted by Crippen LogP contribution is -2.41. The molecule has 1 fully saturated rings. The van der Waals surface area contributed by atoms with Gasteiger partial charge in [-0.1, -0.05) is 0 Å². The number of hydrogen-bond acceptors (Lipinski definition) is 6. The van der Waals surface area contributed by atoms with Crippen molar-refractivity contribution in [1.82, 2.24) is 4.90 Å². The van der Waals surface area contributed by atoms with Crippen LogP contribution in [0.1, 0.15) is 6.92 Å². The summed E-state index contributed by atoms with van der Waals surface area (Å²) in [7, 11) is 3.55. The molecule has 162 valence electrons. The zero-order valence-corrected chi connectivity index (χ0v) is 18.0. The van der Waals surface area contributed by atoms with Gasteiger partial charge in [-0.15, -0.1) is 0 Å². The fourth-order valence-electron chi connectivity index (χ4n) is 3.20. The van der Waals surface area contributed by atoms with Crippen LogP contribution >= 0.6 is 0 Å². The van der Waals surface area contributed by atoms with Crippen LogP contribution < -0.4 is 19.7 Å². The third-order valence-electron chi connectivity index (χ3n) is 5.32. The summed E-state index contributed by atoms with van der Waals surface area (Å²) >= 11 is 0. The number of rotatable bonds is 9. The van der Waals surface area contributed by atoms with Crippen molar-refractivity contribution < 1.29 is 19.0 Å². The Morgan fingerprint density at radius 2 is 1.73 bits per heavy atom. The Balaban J connectivity index is 1.43. The van der Waals surface area contributed by atoms with Crippen LogP contribution in [-0.4, -0.2) is 70.5 Å². The zero-order valence-electron chi connectivity index (χ0n) is 18.0. The van der Waals surface area contributed by atoms with E-state index >= 15 is 0 Å². The number of anilines is 2. The lowest BCUT2D eigenvalue weighted by Gasteiger charge is -2.29. The number of carbonyl (C=O) groups is 1. The van der Waals surface area contributed by atoms with Crippen molar-refractivity contribution in [3.8, 4) is 11.5 Å². The minimum absolute atomic E-state index is 0.0407. The van der Waals surface area contributed by atoms with Crippen LogP contribution in [-0.2, 0) is 9.53 Å². The number of nitrogens with one attached hydrogen (secondary N) is 1. The van der Waals surface area contributed by atoms with Crippen molar-refractivity contribution in [2.75, 3.05) is 63.8 Å². The van der Waals surface area contributed by atoms with Gasteiger partial charge in [0.25, 0.3) is 0 Å². The highest BCUT2D eigenvalue weighted by atomic mass is 16.5. The molecule has 2 aromatic rings. The van der Waals surface area contributed by atoms with Gasteiger partial charge in [-0.25, -0.2) is 0 Å². The number of likely N-dealkylation sites (N-methyl/N-ethyl adjacent to an activating group) is 1. The maximum Gasteiger partial charge on any atom is 0.241 e. The van der Waals surface area contributed by atoms with E-state index in [4.69, 9.17) is 14.2 Å². The molecule has 1 amide bonds. The standard InChI is InChI=1S/C23H31N3O4/c1-18(25(2)12-17-30-22-10-8-21(28-3)9-11-22)23(27)24-19-4-6-20(7-5-19)26-13-15-29-16-14-26/h4-11,18H,12-17H2,1-3H3,(H,24,27)/t18-/m1/s1. The van der Waals surface area contributed by atoms with Crippen LogP contribution in [0.4, 0.5) is 11.4 Å². The Hall–Kier alpha value is -2.77. The van der Waals surface area contributed by atoms with E-state index in [2.05, 4.69) is 10.2 Å². The Labute approximate surface area is 178 Å². The van der Waals surface area contributed by atoms with Crippen molar-refractivity contribution in [3.05, 3.63) is 48.5 Å². The Morgan fingerprint density at radius 1 is 1.10 bits per heavy atom. The summed E-state index contributed by atoms with van der Waals surface area (Å²) in [5, 5.41) is 2.99. The molecule has 0 unspecified atom stereocenters. The van der Waals surface area contributed by atoms with Crippen LogP contribution in [0.15, 0.2) is 48.5 Å². The van der Waals surface area contributed by atoms with Gasteiger partial charge in [0.15, 0.2) is 0 Å². The summed E-state index contributed by atoms with van der Waals surface area (Å²) in [6, 6.07) is 15.2. The van der Waals surface area contributed by atoms with E-state index in [9.17, 15) is 4.79 Å². The minimum atomic E-state index is -0.275. The quantitative estimate of drug-likeness (QED) is 0.682. The molecule has 1 saturated heterocycles. The topological polar surface area (TPSA) is 63.3 Å². The fraction of sp³-hybridized carbons (Fsp3) is 0.435. The number of benzene rings is 2. The number of nitrogens with zero attached hydrogens (tertiary/aromatic N) is 2. The molecule has 7 heteroatoms. The van der Waals surface area contributed by atoms with Crippen molar-refractivity contribution in [2.45, 2.75) is 13.0 Å². The van der Waals surface area contributed by atoms with Gasteiger partial charge >= 0.3 is 0 Å². The van der Waals surface area contributed by atoms with Crippen LogP contribution in [0.2, 0.25) is 0 Å². The Kier molecular flexibility index (Phi) is 7.93. The van der Waals surface area contributed by atoms with E-state index in [1.807, 2.05) is 67.4 Å². The molecule has 1 aliphatic rings. The maximum absolute atomic E-state index is 12.6. The highest BCUT2D eigenvalue weighted by Gasteiger charge is 2.18. The third-order valence-corrected chi connectivity index (χ3v) is 5.32. The van der Waals surface area contributed by atoms with E-state index in [1.54, 1.807) is 7.11 Å². The van der Waals surface area contributed by atoms with Gasteiger partial charge in [0.1, 0.15) is 18.1 Å². The lowest BCUT2D eigenvalue weighted by atomic mass is 10.2. The smallest absolute Gasteiger partial charge is 0.241 e. The van der Waals surface area contributed by atoms with Crippen molar-refractivity contribution in [3.63, 3.8) is 0 Å². The van der Waals surface area contributed by atoms with Crippen molar-refractivity contribution in [1.29, 1.82) is 0 Å². The molecular weight excluding hydrogens is 382 g/mol. The second-order valence-electron chi connectivity index (χ2n) is 7.32. The average Bonchev–Trinajstić information content (AvgIpc) is 2.80. The van der Waals surface area contributed by atoms with Crippen molar-refractivity contribution >= 4 is 17.3 Å². The largest absolute Gasteiger partial charge is 0.497 e. The van der Waals surface area contributed by atoms with Crippen LogP contribution in [0.5, 0.6) is 11.5 Å². The van der Waals surface area contributed by atoms with E-state index in [-0.39, 0.29) is 11.9 Å². The van der Waals surface area contributed by atoms with E-state index in [1.165, 1.54) is 0 Å². The van der Waals surface area contributed by atoms with Crippen molar-refractivity contribution in [2.24, 2.45) is 0 Å². The molecule has 1 N–H and O–H groups in total. The number of ether oxygens (including phenoxy) is 3. The third kappa shape index (κ3) is 6.11. The van der Waals surface area contributed by atoms with Gasteiger partial charge in [0, 0.05) is 31.0 Å². The second-order valence-corrected chi connectivity index (χ2v) is 7.32. The summed E-state index contributed by atoms with van der Waals surface area (Å²) in [5.41, 5.74) is 1.95. The summed E-state index contributed by atoms with van der Waals surface area (Å²) in [5.74, 6) is 1.53. The molecular formula is C23H31N3O4. The number of hydrogen-bond donors (Lipinski definition) is 1. The molecule has 0 bridgehead atoms. The highest BCUT2D eigenvalue weighted by Crippen LogP contribution is 2.20. The lowest BCUT2D eigenvalue weighted by molar-refractivity contribution is -0.120. The summed E-state index contributed by atoms with van der Waals surface area (Å²) < 4.78 is 16.3. The first-order chi connectivity index (χ1) is 14.6. The van der Waals surface area contributed by atoms with Gasteiger partial charge in [-0.05, 0) is 62.5 Å². The molecule has 2 aromatic carbocycles. The Morgan fingerprint density at radius 3 is 2.37 bits per heavy atom. The number of amides is 1. The van der Waals surface area contributed by atoms with Crippen LogP contribution in [0.3, 0.4) is 0 Å². The normalized spacial score (nSPS) is 15.0. The predicted octanol–water partition coefficient (Wildman–Crippen LogP) is 2.87. The molecule has 1 heterocycles. The number of morpholine rings is 1. The fourth-order valence-corrected chi connectivity index (χ4v) is 3.20. The van der Waals surface area contributed by atoms with Gasteiger partial charge in [0.2, 0.25) is 5.91 Å². The van der Waals surface area contributed by atoms with Gasteiger partial charge in [0.05, 0.1) is 26.4 Å². The monoisotopic (exact) mass is 413 g/mol. The zero-order chi connectivity index (χ0) is 21.3. The minimum Gasteiger partial charge on any atom is -0.497 e. The second kappa shape index (κ2) is 10.8. The van der Waals surface area contributed by atoms with Gasteiger partial charge < -0.3 is 24.4 Å². The Bertz CT molecular complexity index is 789. The summed E-state index contributed by atoms with van der Waals surface area (Å²) in [6.45, 7) is 6.32. The molecule has 0 aromatic heterocycles. The maximum atomic E-state index is 12.6. The van der Waals surface area contributed by atoms with Gasteiger partial charge in [-0.2, -0.15) is 0 Å². The van der Waals surface area contributed by atoms with Crippen LogP contribution in [0, 0.1) is 0 Å². The van der Waals surface area contributed by atoms with E-state index < -0.39 is 0 Å². The number of carbonyl (C=O) groups excluding carboxylic acids is 1. The molecule has 1 atom stereocenters. The molecule has 7 nitrogen and oxygen atoms in total. The van der Waals surface area contributed by atoms with Gasteiger partial charge in [-0.3, -0.25) is 9.69 Å². The molecule has 0 spiro atoms. The number of methoxy groups -OCH3 is 1. The highest BCUT2D eigenvalue weighted by molar-refractivity contribution is 5.94. The first-order valence-electron chi connectivity index (χ1n) is 10.3. The summed E-state index contributed by atoms with van der Waals surface area (Å²) in [4.78, 5) is 16.9. The first-order valence-corrected chi connectivity index (χ1v) is 10.3. The summed E-state index contributed by atoms with van der Waals surface area (Å²) in [6.07, 6.45) is 0.